The third kappa shape index (κ3) is 1.93. The second-order valence-corrected chi connectivity index (χ2v) is 2.00. The molecule has 1 aromatic heterocycles. The molecule has 0 aliphatic rings. The molecule has 4 heteroatoms. The van der Waals surface area contributed by atoms with Crippen LogP contribution in [0.4, 0.5) is 11.5 Å². The average molecular weight is 150 g/mol. The maximum Gasteiger partial charge on any atom is 0.152 e. The summed E-state index contributed by atoms with van der Waals surface area (Å²) in [4.78, 5) is 7.67. The Labute approximate surface area is 65.2 Å². The van der Waals surface area contributed by atoms with Crippen LogP contribution < -0.4 is 11.1 Å². The van der Waals surface area contributed by atoms with Gasteiger partial charge in [0, 0.05) is 6.54 Å². The first-order chi connectivity index (χ1) is 5.34. The molecule has 0 saturated heterocycles. The van der Waals surface area contributed by atoms with E-state index in [1.54, 1.807) is 12.3 Å². The summed E-state index contributed by atoms with van der Waals surface area (Å²) in [7, 11) is 0. The van der Waals surface area contributed by atoms with Gasteiger partial charge in [0.2, 0.25) is 0 Å². The van der Waals surface area contributed by atoms with Crippen molar-refractivity contribution in [1.82, 2.24) is 9.97 Å². The first-order valence-corrected chi connectivity index (χ1v) is 3.25. The first kappa shape index (κ1) is 7.53. The molecule has 0 bridgehead atoms. The summed E-state index contributed by atoms with van der Waals surface area (Å²) in [6.07, 6.45) is 4.74. The van der Waals surface area contributed by atoms with Gasteiger partial charge in [-0.2, -0.15) is 0 Å². The topological polar surface area (TPSA) is 63.8 Å². The van der Waals surface area contributed by atoms with Crippen LogP contribution in [0.15, 0.2) is 25.2 Å². The summed E-state index contributed by atoms with van der Waals surface area (Å²) < 4.78 is 0. The van der Waals surface area contributed by atoms with Crippen molar-refractivity contribution in [2.24, 2.45) is 0 Å². The molecule has 0 aliphatic heterocycles. The fourth-order valence-electron chi connectivity index (χ4n) is 0.657. The van der Waals surface area contributed by atoms with Crippen molar-refractivity contribution in [3.8, 4) is 0 Å². The van der Waals surface area contributed by atoms with E-state index in [1.165, 1.54) is 6.33 Å². The lowest BCUT2D eigenvalue weighted by atomic mass is 10.5. The number of rotatable bonds is 3. The molecule has 1 heterocycles. The van der Waals surface area contributed by atoms with E-state index in [-0.39, 0.29) is 0 Å². The lowest BCUT2D eigenvalue weighted by Gasteiger charge is -2.02. The molecule has 0 aliphatic carbocycles. The summed E-state index contributed by atoms with van der Waals surface area (Å²) >= 11 is 0. The molecule has 0 radical (unpaired) electrons. The van der Waals surface area contributed by atoms with Crippen LogP contribution in [0.5, 0.6) is 0 Å². The van der Waals surface area contributed by atoms with Crippen LogP contribution in [0, 0.1) is 0 Å². The number of hydrogen-bond acceptors (Lipinski definition) is 4. The zero-order chi connectivity index (χ0) is 8.10. The molecule has 0 unspecified atom stereocenters. The van der Waals surface area contributed by atoms with Gasteiger partial charge in [-0.1, -0.05) is 6.08 Å². The predicted octanol–water partition coefficient (Wildman–Crippen LogP) is 0.657. The summed E-state index contributed by atoms with van der Waals surface area (Å²) in [6.45, 7) is 4.21. The monoisotopic (exact) mass is 150 g/mol. The van der Waals surface area contributed by atoms with Crippen LogP contribution in [0.3, 0.4) is 0 Å². The number of nitrogens with zero attached hydrogens (tertiary/aromatic N) is 2. The Morgan fingerprint density at radius 3 is 3.18 bits per heavy atom. The third-order valence-corrected chi connectivity index (χ3v) is 1.15. The maximum atomic E-state index is 5.54. The standard InChI is InChI=1S/C7H10N4/c1-2-3-10-7-6(8)4-9-5-11-7/h2,4-5H,1,3,8H2,(H,9,10,11). The molecular weight excluding hydrogens is 140 g/mol. The minimum Gasteiger partial charge on any atom is -0.394 e. The molecule has 4 nitrogen and oxygen atoms in total. The second kappa shape index (κ2) is 3.55. The van der Waals surface area contributed by atoms with Crippen LogP contribution in [0.1, 0.15) is 0 Å². The van der Waals surface area contributed by atoms with Crippen molar-refractivity contribution in [1.29, 1.82) is 0 Å². The fraction of sp³-hybridized carbons (Fsp3) is 0.143. The van der Waals surface area contributed by atoms with E-state index in [0.29, 0.717) is 18.1 Å². The van der Waals surface area contributed by atoms with Gasteiger partial charge >= 0.3 is 0 Å². The lowest BCUT2D eigenvalue weighted by Crippen LogP contribution is -2.03. The van der Waals surface area contributed by atoms with Gasteiger partial charge in [-0.3, -0.25) is 0 Å². The molecule has 3 N–H and O–H groups in total. The number of hydrogen-bond donors (Lipinski definition) is 2. The van der Waals surface area contributed by atoms with Crippen LogP contribution in [-0.2, 0) is 0 Å². The fourth-order valence-corrected chi connectivity index (χ4v) is 0.657. The highest BCUT2D eigenvalue weighted by molar-refractivity contribution is 5.59. The second-order valence-electron chi connectivity index (χ2n) is 2.00. The van der Waals surface area contributed by atoms with Crippen LogP contribution in [0.25, 0.3) is 0 Å². The van der Waals surface area contributed by atoms with Crippen molar-refractivity contribution in [3.05, 3.63) is 25.2 Å². The molecule has 0 saturated carbocycles. The molecule has 0 atom stereocenters. The predicted molar refractivity (Wildman–Crippen MR) is 45.1 cm³/mol. The summed E-state index contributed by atoms with van der Waals surface area (Å²) in [5, 5.41) is 2.97. The van der Waals surface area contributed by atoms with Crippen molar-refractivity contribution in [2.45, 2.75) is 0 Å². The van der Waals surface area contributed by atoms with E-state index in [9.17, 15) is 0 Å². The molecule has 0 fully saturated rings. The normalized spacial score (nSPS) is 9.09. The van der Waals surface area contributed by atoms with Gasteiger partial charge in [0.05, 0.1) is 11.9 Å². The van der Waals surface area contributed by atoms with E-state index in [4.69, 9.17) is 5.73 Å². The lowest BCUT2D eigenvalue weighted by molar-refractivity contribution is 1.14. The number of aromatic nitrogens is 2. The van der Waals surface area contributed by atoms with E-state index >= 15 is 0 Å². The van der Waals surface area contributed by atoms with Crippen molar-refractivity contribution < 1.29 is 0 Å². The highest BCUT2D eigenvalue weighted by Gasteiger charge is 1.95. The Morgan fingerprint density at radius 2 is 2.55 bits per heavy atom. The van der Waals surface area contributed by atoms with Gasteiger partial charge in [-0.15, -0.1) is 6.58 Å². The summed E-state index contributed by atoms with van der Waals surface area (Å²) in [5.41, 5.74) is 6.09. The molecule has 58 valence electrons. The molecular formula is C7H10N4. The quantitative estimate of drug-likeness (QED) is 0.621. The Hall–Kier alpha value is -1.58. The first-order valence-electron chi connectivity index (χ1n) is 3.25. The van der Waals surface area contributed by atoms with Crippen molar-refractivity contribution in [3.63, 3.8) is 0 Å². The van der Waals surface area contributed by atoms with E-state index in [0.717, 1.165) is 0 Å². The SMILES string of the molecule is C=CCNc1ncncc1N. The number of nitrogen functional groups attached to an aromatic ring is 1. The van der Waals surface area contributed by atoms with Crippen LogP contribution in [0.2, 0.25) is 0 Å². The highest BCUT2D eigenvalue weighted by Crippen LogP contribution is 2.10. The molecule has 1 aromatic rings. The zero-order valence-corrected chi connectivity index (χ0v) is 6.12. The number of anilines is 2. The Bertz CT molecular complexity index is 246. The third-order valence-electron chi connectivity index (χ3n) is 1.15. The van der Waals surface area contributed by atoms with Crippen LogP contribution >= 0.6 is 0 Å². The Balaban J connectivity index is 2.69. The molecule has 1 rings (SSSR count). The van der Waals surface area contributed by atoms with Gasteiger partial charge in [0.25, 0.3) is 0 Å². The number of nitrogens with one attached hydrogen (secondary N) is 1. The highest BCUT2D eigenvalue weighted by atomic mass is 15.0. The minimum absolute atomic E-state index is 0.550. The van der Waals surface area contributed by atoms with Gasteiger partial charge in [0.15, 0.2) is 5.82 Å². The minimum atomic E-state index is 0.550. The van der Waals surface area contributed by atoms with Crippen molar-refractivity contribution in [2.75, 3.05) is 17.6 Å². The van der Waals surface area contributed by atoms with Gasteiger partial charge in [-0.05, 0) is 0 Å². The molecule has 0 spiro atoms. The largest absolute Gasteiger partial charge is 0.394 e. The average Bonchev–Trinajstić information content (AvgIpc) is 2.03. The molecule has 0 aromatic carbocycles. The molecule has 0 amide bonds. The summed E-state index contributed by atoms with van der Waals surface area (Å²) in [5.74, 6) is 0.653. The van der Waals surface area contributed by atoms with E-state index in [1.807, 2.05) is 0 Å². The molecule has 11 heavy (non-hydrogen) atoms. The van der Waals surface area contributed by atoms with Gasteiger partial charge in [-0.25, -0.2) is 9.97 Å². The van der Waals surface area contributed by atoms with Crippen molar-refractivity contribution >= 4 is 11.5 Å². The maximum absolute atomic E-state index is 5.54. The smallest absolute Gasteiger partial charge is 0.152 e. The van der Waals surface area contributed by atoms with Crippen LogP contribution in [-0.4, -0.2) is 16.5 Å². The van der Waals surface area contributed by atoms with E-state index < -0.39 is 0 Å². The van der Waals surface area contributed by atoms with E-state index in [2.05, 4.69) is 21.9 Å². The zero-order valence-electron chi connectivity index (χ0n) is 6.12. The summed E-state index contributed by atoms with van der Waals surface area (Å²) in [6, 6.07) is 0. The Kier molecular flexibility index (Phi) is 2.43. The Morgan fingerprint density at radius 1 is 1.73 bits per heavy atom. The number of nitrogens with two attached hydrogens (primary N) is 1. The van der Waals surface area contributed by atoms with Gasteiger partial charge < -0.3 is 11.1 Å². The van der Waals surface area contributed by atoms with Gasteiger partial charge in [0.1, 0.15) is 6.33 Å².